The Hall–Kier alpha value is -1.02. The molecule has 1 fully saturated rings. The number of ether oxygens (including phenoxy) is 1. The lowest BCUT2D eigenvalue weighted by Gasteiger charge is -2.28. The monoisotopic (exact) mass is 326 g/mol. The molecule has 1 rings (SSSR count). The average molecular weight is 326 g/mol. The zero-order valence-corrected chi connectivity index (χ0v) is 12.8. The summed E-state index contributed by atoms with van der Waals surface area (Å²) in [5, 5.41) is 13.5. The van der Waals surface area contributed by atoms with Crippen LogP contribution in [0.15, 0.2) is 0 Å². The van der Waals surface area contributed by atoms with E-state index in [1.165, 1.54) is 6.42 Å². The van der Waals surface area contributed by atoms with Crippen LogP contribution in [0.3, 0.4) is 0 Å². The summed E-state index contributed by atoms with van der Waals surface area (Å²) in [7, 11) is 0. The first kappa shape index (κ1) is 19.0. The van der Waals surface area contributed by atoms with Crippen molar-refractivity contribution < 1.29 is 27.8 Å². The number of amides is 2. The van der Waals surface area contributed by atoms with Crippen LogP contribution in [0.1, 0.15) is 39.0 Å². The molecular formula is C14H25F3N2O3. The second kappa shape index (κ2) is 9.19. The molecule has 0 heterocycles. The first-order valence-corrected chi connectivity index (χ1v) is 7.68. The van der Waals surface area contributed by atoms with Crippen molar-refractivity contribution in [1.82, 2.24) is 10.6 Å². The lowest BCUT2D eigenvalue weighted by atomic mass is 9.88. The Balaban J connectivity index is 2.04. The molecule has 8 heteroatoms. The van der Waals surface area contributed by atoms with Crippen molar-refractivity contribution in [2.75, 3.05) is 19.7 Å². The van der Waals surface area contributed by atoms with E-state index in [1.54, 1.807) is 0 Å². The Morgan fingerprint density at radius 1 is 1.27 bits per heavy atom. The van der Waals surface area contributed by atoms with Crippen molar-refractivity contribution in [2.24, 2.45) is 5.92 Å². The highest BCUT2D eigenvalue weighted by atomic mass is 19.4. The minimum atomic E-state index is -4.65. The van der Waals surface area contributed by atoms with Crippen molar-refractivity contribution in [3.05, 3.63) is 0 Å². The lowest BCUT2D eigenvalue weighted by Crippen LogP contribution is -2.40. The van der Waals surface area contributed by atoms with Gasteiger partial charge in [0.25, 0.3) is 0 Å². The number of urea groups is 1. The van der Waals surface area contributed by atoms with Crippen LogP contribution in [0.25, 0.3) is 0 Å². The molecule has 5 nitrogen and oxygen atoms in total. The molecule has 0 aromatic carbocycles. The standard InChI is InChI=1S/C14H25F3N2O3/c1-10-4-2-3-5-11(10)22-9-8-19-13(21)18-7-6-12(20)14(15,16)17/h10-12,20H,2-9H2,1H3,(H2,18,19,21)/t10-,11+,12+/m1/s1. The van der Waals surface area contributed by atoms with Crippen LogP contribution in [0.4, 0.5) is 18.0 Å². The van der Waals surface area contributed by atoms with Crippen LogP contribution >= 0.6 is 0 Å². The fourth-order valence-electron chi connectivity index (χ4n) is 2.45. The van der Waals surface area contributed by atoms with E-state index in [2.05, 4.69) is 17.6 Å². The highest BCUT2D eigenvalue weighted by Gasteiger charge is 2.37. The Labute approximate surface area is 128 Å². The molecule has 1 aliphatic carbocycles. The summed E-state index contributed by atoms with van der Waals surface area (Å²) in [4.78, 5) is 11.3. The number of carbonyl (C=O) groups is 1. The van der Waals surface area contributed by atoms with Gasteiger partial charge in [-0.15, -0.1) is 0 Å². The van der Waals surface area contributed by atoms with E-state index in [9.17, 15) is 18.0 Å². The molecule has 0 unspecified atom stereocenters. The number of hydrogen-bond acceptors (Lipinski definition) is 3. The maximum absolute atomic E-state index is 12.0. The zero-order chi connectivity index (χ0) is 16.6. The summed E-state index contributed by atoms with van der Waals surface area (Å²) in [6.07, 6.45) is -2.83. The van der Waals surface area contributed by atoms with Crippen molar-refractivity contribution >= 4 is 6.03 Å². The highest BCUT2D eigenvalue weighted by molar-refractivity contribution is 5.73. The summed E-state index contributed by atoms with van der Waals surface area (Å²) in [5.74, 6) is 0.520. The van der Waals surface area contributed by atoms with Crippen LogP contribution in [-0.4, -0.2) is 49.2 Å². The molecule has 130 valence electrons. The molecule has 3 N–H and O–H groups in total. The number of aliphatic hydroxyl groups is 1. The number of alkyl halides is 3. The number of rotatable bonds is 7. The lowest BCUT2D eigenvalue weighted by molar-refractivity contribution is -0.204. The summed E-state index contributed by atoms with van der Waals surface area (Å²) in [5.41, 5.74) is 0. The van der Waals surface area contributed by atoms with Gasteiger partial charge in [-0.25, -0.2) is 4.79 Å². The molecule has 0 saturated heterocycles. The average Bonchev–Trinajstić information content (AvgIpc) is 2.44. The molecule has 0 spiro atoms. The normalized spacial score (nSPS) is 23.9. The summed E-state index contributed by atoms with van der Waals surface area (Å²) >= 11 is 0. The second-order valence-electron chi connectivity index (χ2n) is 5.70. The molecule has 0 radical (unpaired) electrons. The van der Waals surface area contributed by atoms with E-state index in [0.717, 1.165) is 19.3 Å². The van der Waals surface area contributed by atoms with Gasteiger partial charge in [0.05, 0.1) is 12.7 Å². The quantitative estimate of drug-likeness (QED) is 0.628. The van der Waals surface area contributed by atoms with E-state index in [-0.39, 0.29) is 12.6 Å². The predicted molar refractivity (Wildman–Crippen MR) is 75.5 cm³/mol. The Kier molecular flexibility index (Phi) is 7.95. The van der Waals surface area contributed by atoms with Crippen LogP contribution in [-0.2, 0) is 4.74 Å². The van der Waals surface area contributed by atoms with Crippen LogP contribution in [0.2, 0.25) is 0 Å². The molecule has 0 aromatic rings. The number of carbonyl (C=O) groups excluding carboxylic acids is 1. The summed E-state index contributed by atoms with van der Waals surface area (Å²) in [6.45, 7) is 2.59. The van der Waals surface area contributed by atoms with E-state index in [4.69, 9.17) is 9.84 Å². The minimum absolute atomic E-state index is 0.223. The Bertz CT molecular complexity index is 340. The second-order valence-corrected chi connectivity index (χ2v) is 5.70. The Morgan fingerprint density at radius 3 is 2.55 bits per heavy atom. The molecule has 22 heavy (non-hydrogen) atoms. The predicted octanol–water partition coefficient (Wildman–Crippen LogP) is 2.19. The van der Waals surface area contributed by atoms with Crippen LogP contribution in [0.5, 0.6) is 0 Å². The topological polar surface area (TPSA) is 70.6 Å². The molecule has 2 amide bonds. The molecule has 0 aromatic heterocycles. The number of aliphatic hydroxyl groups excluding tert-OH is 1. The molecule has 3 atom stereocenters. The van der Waals surface area contributed by atoms with Crippen molar-refractivity contribution in [1.29, 1.82) is 0 Å². The molecule has 1 aliphatic rings. The summed E-state index contributed by atoms with van der Waals surface area (Å²) in [6, 6.07) is -0.560. The van der Waals surface area contributed by atoms with E-state index < -0.39 is 24.7 Å². The first-order chi connectivity index (χ1) is 10.3. The van der Waals surface area contributed by atoms with Gasteiger partial charge in [0.2, 0.25) is 0 Å². The van der Waals surface area contributed by atoms with Gasteiger partial charge in [0, 0.05) is 13.1 Å². The van der Waals surface area contributed by atoms with Crippen LogP contribution in [0, 0.1) is 5.92 Å². The minimum Gasteiger partial charge on any atom is -0.384 e. The SMILES string of the molecule is C[C@@H]1CCCC[C@@H]1OCCNC(=O)NCC[C@H](O)C(F)(F)F. The molecular weight excluding hydrogens is 301 g/mol. The third kappa shape index (κ3) is 7.31. The smallest absolute Gasteiger partial charge is 0.384 e. The molecule has 0 bridgehead atoms. The van der Waals surface area contributed by atoms with Gasteiger partial charge < -0.3 is 20.5 Å². The Morgan fingerprint density at radius 2 is 1.91 bits per heavy atom. The van der Waals surface area contributed by atoms with Gasteiger partial charge >= 0.3 is 12.2 Å². The molecule has 0 aliphatic heterocycles. The van der Waals surface area contributed by atoms with Gasteiger partial charge in [0.1, 0.15) is 0 Å². The zero-order valence-electron chi connectivity index (χ0n) is 12.8. The highest BCUT2D eigenvalue weighted by Crippen LogP contribution is 2.26. The van der Waals surface area contributed by atoms with Crippen molar-refractivity contribution in [2.45, 2.75) is 57.4 Å². The van der Waals surface area contributed by atoms with Gasteiger partial charge in [-0.05, 0) is 25.2 Å². The van der Waals surface area contributed by atoms with E-state index in [1.807, 2.05) is 0 Å². The van der Waals surface area contributed by atoms with Gasteiger partial charge in [-0.2, -0.15) is 13.2 Å². The number of halogens is 3. The van der Waals surface area contributed by atoms with E-state index in [0.29, 0.717) is 19.1 Å². The maximum Gasteiger partial charge on any atom is 0.414 e. The van der Waals surface area contributed by atoms with Gasteiger partial charge in [0.15, 0.2) is 6.10 Å². The van der Waals surface area contributed by atoms with Crippen LogP contribution < -0.4 is 10.6 Å². The first-order valence-electron chi connectivity index (χ1n) is 7.68. The third-order valence-electron chi connectivity index (χ3n) is 3.83. The van der Waals surface area contributed by atoms with Crippen molar-refractivity contribution in [3.8, 4) is 0 Å². The number of hydrogen-bond donors (Lipinski definition) is 3. The summed E-state index contributed by atoms with van der Waals surface area (Å²) < 4.78 is 41.8. The van der Waals surface area contributed by atoms with E-state index >= 15 is 0 Å². The largest absolute Gasteiger partial charge is 0.414 e. The maximum atomic E-state index is 12.0. The fraction of sp³-hybridized carbons (Fsp3) is 0.929. The fourth-order valence-corrected chi connectivity index (χ4v) is 2.45. The third-order valence-corrected chi connectivity index (χ3v) is 3.83. The van der Waals surface area contributed by atoms with Gasteiger partial charge in [-0.3, -0.25) is 0 Å². The van der Waals surface area contributed by atoms with Crippen molar-refractivity contribution in [3.63, 3.8) is 0 Å². The number of nitrogens with one attached hydrogen (secondary N) is 2. The molecule has 1 saturated carbocycles. The van der Waals surface area contributed by atoms with Gasteiger partial charge in [-0.1, -0.05) is 19.8 Å².